The number of carbonyl (C=O) groups excluding carboxylic acids is 1. The van der Waals surface area contributed by atoms with E-state index >= 15 is 0 Å². The summed E-state index contributed by atoms with van der Waals surface area (Å²) in [6.07, 6.45) is 1.63. The van der Waals surface area contributed by atoms with Crippen molar-refractivity contribution in [1.82, 2.24) is 4.90 Å². The highest BCUT2D eigenvalue weighted by molar-refractivity contribution is 5.70. The van der Waals surface area contributed by atoms with Crippen LogP contribution in [-0.4, -0.2) is 17.5 Å². The molecule has 0 unspecified atom stereocenters. The van der Waals surface area contributed by atoms with Gasteiger partial charge in [-0.2, -0.15) is 0 Å². The van der Waals surface area contributed by atoms with Gasteiger partial charge in [0.05, 0.1) is 6.54 Å². The molecule has 1 aliphatic heterocycles. The second-order valence-corrected chi connectivity index (χ2v) is 3.90. The minimum atomic E-state index is -0.620. The number of carbonyl (C=O) groups is 1. The Morgan fingerprint density at radius 2 is 2.11 bits per heavy atom. The third-order valence-electron chi connectivity index (χ3n) is 2.40. The smallest absolute Gasteiger partial charge is 0.414 e. The van der Waals surface area contributed by atoms with Gasteiger partial charge >= 0.3 is 6.09 Å². The van der Waals surface area contributed by atoms with E-state index in [4.69, 9.17) is 10.5 Å². The first-order valence-electron chi connectivity index (χ1n) is 5.46. The zero-order valence-corrected chi connectivity index (χ0v) is 9.67. The maximum atomic E-state index is 13.1. The van der Waals surface area contributed by atoms with Crippen LogP contribution in [0.5, 0.6) is 0 Å². The lowest BCUT2D eigenvalue weighted by Gasteiger charge is -2.21. The molecule has 94 valence electrons. The fourth-order valence-electron chi connectivity index (χ4n) is 1.57. The summed E-state index contributed by atoms with van der Waals surface area (Å²) in [5.41, 5.74) is 6.65. The van der Waals surface area contributed by atoms with E-state index in [0.717, 1.165) is 16.7 Å². The first-order valence-corrected chi connectivity index (χ1v) is 5.46. The first kappa shape index (κ1) is 12.2. The molecule has 0 radical (unpaired) electrons. The first-order chi connectivity index (χ1) is 8.65. The van der Waals surface area contributed by atoms with Gasteiger partial charge in [-0.3, -0.25) is 4.90 Å². The molecule has 0 bridgehead atoms. The summed E-state index contributed by atoms with van der Waals surface area (Å²) in [5.74, 6) is -0.560. The molecule has 2 N–H and O–H groups in total. The molecule has 0 saturated heterocycles. The number of hydrogen-bond donors (Lipinski definition) is 1. The average Bonchev–Trinajstić information content (AvgIpc) is 2.36. The Bertz CT molecular complexity index is 497. The highest BCUT2D eigenvalue weighted by atomic mass is 19.1. The molecule has 2 rings (SSSR count). The lowest BCUT2D eigenvalue weighted by Crippen LogP contribution is -2.32. The van der Waals surface area contributed by atoms with Crippen molar-refractivity contribution in [3.63, 3.8) is 0 Å². The van der Waals surface area contributed by atoms with Gasteiger partial charge in [-0.15, -0.1) is 0 Å². The van der Waals surface area contributed by atoms with E-state index in [1.807, 2.05) is 30.3 Å². The molecule has 1 amide bonds. The van der Waals surface area contributed by atoms with Crippen molar-refractivity contribution >= 4 is 6.09 Å². The lowest BCUT2D eigenvalue weighted by molar-refractivity contribution is 0.112. The van der Waals surface area contributed by atoms with Crippen molar-refractivity contribution in [3.8, 4) is 0 Å². The monoisotopic (exact) mass is 248 g/mol. The maximum absolute atomic E-state index is 13.1. The molecule has 1 aromatic rings. The number of ether oxygens (including phenoxy) is 1. The van der Waals surface area contributed by atoms with E-state index in [2.05, 4.69) is 0 Å². The van der Waals surface area contributed by atoms with E-state index in [9.17, 15) is 9.18 Å². The molecule has 4 nitrogen and oxygen atoms in total. The summed E-state index contributed by atoms with van der Waals surface area (Å²) in [6, 6.07) is 9.26. The largest absolute Gasteiger partial charge is 0.444 e. The van der Waals surface area contributed by atoms with Crippen molar-refractivity contribution < 1.29 is 13.9 Å². The number of rotatable bonds is 2. The molecule has 1 aliphatic rings. The normalized spacial score (nSPS) is 14.8. The van der Waals surface area contributed by atoms with Crippen LogP contribution in [0.2, 0.25) is 0 Å². The SMILES string of the molecule is NC1=CC(F)=CN(C(=O)OCc2ccccc2)C1. The van der Waals surface area contributed by atoms with Crippen molar-refractivity contribution in [1.29, 1.82) is 0 Å². The molecule has 0 aromatic heterocycles. The summed E-state index contributed by atoms with van der Waals surface area (Å²) in [4.78, 5) is 12.8. The standard InChI is InChI=1S/C13H13FN2O2/c14-11-6-12(15)8-16(7-11)13(17)18-9-10-4-2-1-3-5-10/h1-7H,8-9,15H2. The van der Waals surface area contributed by atoms with E-state index in [1.54, 1.807) is 0 Å². The maximum Gasteiger partial charge on any atom is 0.414 e. The topological polar surface area (TPSA) is 55.6 Å². The molecule has 1 heterocycles. The van der Waals surface area contributed by atoms with Crippen LogP contribution >= 0.6 is 0 Å². The number of nitrogens with zero attached hydrogens (tertiary/aromatic N) is 1. The van der Waals surface area contributed by atoms with Crippen LogP contribution in [0.1, 0.15) is 5.56 Å². The predicted octanol–water partition coefficient (Wildman–Crippen LogP) is 2.29. The van der Waals surface area contributed by atoms with E-state index in [1.165, 1.54) is 6.08 Å². The van der Waals surface area contributed by atoms with Gasteiger partial charge in [-0.05, 0) is 11.6 Å². The van der Waals surface area contributed by atoms with E-state index in [-0.39, 0.29) is 18.8 Å². The molecule has 18 heavy (non-hydrogen) atoms. The van der Waals surface area contributed by atoms with Crippen LogP contribution in [0.4, 0.5) is 9.18 Å². The Morgan fingerprint density at radius 1 is 1.39 bits per heavy atom. The van der Waals surface area contributed by atoms with Gasteiger partial charge in [-0.1, -0.05) is 30.3 Å². The fraction of sp³-hybridized carbons (Fsp3) is 0.154. The van der Waals surface area contributed by atoms with Gasteiger partial charge in [-0.25, -0.2) is 9.18 Å². The highest BCUT2D eigenvalue weighted by Crippen LogP contribution is 2.13. The fourth-order valence-corrected chi connectivity index (χ4v) is 1.57. The summed E-state index contributed by atoms with van der Waals surface area (Å²) < 4.78 is 18.1. The van der Waals surface area contributed by atoms with Crippen molar-refractivity contribution in [2.75, 3.05) is 6.54 Å². The van der Waals surface area contributed by atoms with Gasteiger partial charge < -0.3 is 10.5 Å². The quantitative estimate of drug-likeness (QED) is 0.873. The van der Waals surface area contributed by atoms with Crippen LogP contribution in [0.3, 0.4) is 0 Å². The second-order valence-electron chi connectivity index (χ2n) is 3.90. The number of allylic oxidation sites excluding steroid dienone is 2. The molecule has 1 aromatic carbocycles. The Hall–Kier alpha value is -2.30. The van der Waals surface area contributed by atoms with Gasteiger partial charge in [0.25, 0.3) is 0 Å². The summed E-state index contributed by atoms with van der Waals surface area (Å²) >= 11 is 0. The number of halogens is 1. The average molecular weight is 248 g/mol. The minimum absolute atomic E-state index is 0.140. The zero-order valence-electron chi connectivity index (χ0n) is 9.67. The van der Waals surface area contributed by atoms with Gasteiger partial charge in [0.1, 0.15) is 12.4 Å². The zero-order chi connectivity index (χ0) is 13.0. The lowest BCUT2D eigenvalue weighted by atomic mass is 10.2. The van der Waals surface area contributed by atoms with Crippen LogP contribution < -0.4 is 5.73 Å². The van der Waals surface area contributed by atoms with Crippen molar-refractivity contribution in [3.05, 3.63) is 59.7 Å². The third kappa shape index (κ3) is 3.10. The number of amides is 1. The van der Waals surface area contributed by atoms with Crippen LogP contribution in [0.15, 0.2) is 54.1 Å². The molecule has 0 spiro atoms. The highest BCUT2D eigenvalue weighted by Gasteiger charge is 2.18. The third-order valence-corrected chi connectivity index (χ3v) is 2.40. The van der Waals surface area contributed by atoms with Gasteiger partial charge in [0.15, 0.2) is 0 Å². The van der Waals surface area contributed by atoms with E-state index < -0.39 is 11.9 Å². The summed E-state index contributed by atoms with van der Waals surface area (Å²) in [7, 11) is 0. The number of nitrogens with two attached hydrogens (primary N) is 1. The Balaban J connectivity index is 1.92. The molecule has 0 atom stereocenters. The second kappa shape index (κ2) is 5.35. The molecule has 0 saturated carbocycles. The van der Waals surface area contributed by atoms with Crippen LogP contribution in [-0.2, 0) is 11.3 Å². The minimum Gasteiger partial charge on any atom is -0.444 e. The van der Waals surface area contributed by atoms with Crippen LogP contribution in [0.25, 0.3) is 0 Å². The number of benzene rings is 1. The molecular formula is C13H13FN2O2. The van der Waals surface area contributed by atoms with Gasteiger partial charge in [0, 0.05) is 11.9 Å². The Morgan fingerprint density at radius 3 is 2.78 bits per heavy atom. The Labute approximate surface area is 104 Å². The Kier molecular flexibility index (Phi) is 3.62. The molecule has 0 fully saturated rings. The van der Waals surface area contributed by atoms with Crippen molar-refractivity contribution in [2.24, 2.45) is 5.73 Å². The predicted molar refractivity (Wildman–Crippen MR) is 64.8 cm³/mol. The molecular weight excluding hydrogens is 235 g/mol. The van der Waals surface area contributed by atoms with Gasteiger partial charge in [0.2, 0.25) is 0 Å². The van der Waals surface area contributed by atoms with Crippen LogP contribution in [0, 0.1) is 0 Å². The summed E-state index contributed by atoms with van der Waals surface area (Å²) in [5, 5.41) is 0. The van der Waals surface area contributed by atoms with E-state index in [0.29, 0.717) is 0 Å². The van der Waals surface area contributed by atoms with Crippen molar-refractivity contribution in [2.45, 2.75) is 6.61 Å². The summed E-state index contributed by atoms with van der Waals surface area (Å²) in [6.45, 7) is 0.288. The molecule has 5 heteroatoms. The number of hydrogen-bond acceptors (Lipinski definition) is 3. The molecule has 0 aliphatic carbocycles.